The van der Waals surface area contributed by atoms with Gasteiger partial charge in [-0.05, 0) is 51.2 Å². The van der Waals surface area contributed by atoms with Crippen LogP contribution in [0.1, 0.15) is 83.8 Å². The van der Waals surface area contributed by atoms with E-state index in [2.05, 4.69) is 10.6 Å². The summed E-state index contributed by atoms with van der Waals surface area (Å²) in [6.45, 7) is 7.35. The van der Waals surface area contributed by atoms with Gasteiger partial charge in [0.2, 0.25) is 17.7 Å². The Kier molecular flexibility index (Phi) is 9.86. The molecule has 1 aliphatic carbocycles. The number of aliphatic hydroxyl groups is 1. The van der Waals surface area contributed by atoms with Crippen molar-refractivity contribution in [3.05, 3.63) is 41.5 Å². The Morgan fingerprint density at radius 1 is 1.12 bits per heavy atom. The molecular weight excluding hydrogens is 430 g/mol. The normalized spacial score (nSPS) is 17.7. The van der Waals surface area contributed by atoms with Crippen molar-refractivity contribution in [3.8, 4) is 0 Å². The molecular formula is C27H41N3O4. The van der Waals surface area contributed by atoms with Crippen molar-refractivity contribution in [2.45, 2.75) is 96.2 Å². The highest BCUT2D eigenvalue weighted by molar-refractivity contribution is 5.88. The fraction of sp³-hybridized carbons (Fsp3) is 0.593. The summed E-state index contributed by atoms with van der Waals surface area (Å²) < 4.78 is 0. The summed E-state index contributed by atoms with van der Waals surface area (Å²) in [7, 11) is 0. The lowest BCUT2D eigenvalue weighted by molar-refractivity contribution is -0.130. The molecule has 34 heavy (non-hydrogen) atoms. The third-order valence-corrected chi connectivity index (χ3v) is 6.16. The van der Waals surface area contributed by atoms with Crippen molar-refractivity contribution in [2.75, 3.05) is 0 Å². The lowest BCUT2D eigenvalue weighted by atomic mass is 9.84. The van der Waals surface area contributed by atoms with Crippen LogP contribution in [-0.2, 0) is 20.8 Å². The van der Waals surface area contributed by atoms with E-state index in [-0.39, 0.29) is 18.2 Å². The van der Waals surface area contributed by atoms with Gasteiger partial charge in [-0.2, -0.15) is 0 Å². The van der Waals surface area contributed by atoms with Gasteiger partial charge in [0.15, 0.2) is 0 Å². The summed E-state index contributed by atoms with van der Waals surface area (Å²) in [4.78, 5) is 36.6. The van der Waals surface area contributed by atoms with Gasteiger partial charge in [-0.1, -0.05) is 62.6 Å². The minimum Gasteiger partial charge on any atom is -0.386 e. The van der Waals surface area contributed by atoms with Crippen molar-refractivity contribution < 1.29 is 19.5 Å². The van der Waals surface area contributed by atoms with Crippen molar-refractivity contribution in [2.24, 2.45) is 11.7 Å². The molecule has 2 rings (SSSR count). The molecule has 0 saturated heterocycles. The van der Waals surface area contributed by atoms with Gasteiger partial charge < -0.3 is 21.5 Å². The number of amides is 3. The topological polar surface area (TPSA) is 122 Å². The summed E-state index contributed by atoms with van der Waals surface area (Å²) in [5.74, 6) is -1.39. The minimum absolute atomic E-state index is 0.121. The lowest BCUT2D eigenvalue weighted by Crippen LogP contribution is -2.53. The molecule has 0 aliphatic heterocycles. The van der Waals surface area contributed by atoms with Crippen molar-refractivity contribution in [1.82, 2.24) is 10.6 Å². The molecule has 188 valence electrons. The van der Waals surface area contributed by atoms with Gasteiger partial charge in [0, 0.05) is 24.3 Å². The van der Waals surface area contributed by atoms with E-state index in [0.29, 0.717) is 12.8 Å². The van der Waals surface area contributed by atoms with Crippen LogP contribution >= 0.6 is 0 Å². The second kappa shape index (κ2) is 12.2. The predicted molar refractivity (Wildman–Crippen MR) is 135 cm³/mol. The molecule has 0 spiro atoms. The molecule has 7 nitrogen and oxygen atoms in total. The first-order valence-electron chi connectivity index (χ1n) is 12.3. The van der Waals surface area contributed by atoms with E-state index in [4.69, 9.17) is 5.73 Å². The Hall–Kier alpha value is -2.67. The predicted octanol–water partition coefficient (Wildman–Crippen LogP) is 3.24. The number of benzene rings is 1. The monoisotopic (exact) mass is 471 g/mol. The molecule has 0 heterocycles. The quantitative estimate of drug-likeness (QED) is 0.418. The molecule has 3 amide bonds. The van der Waals surface area contributed by atoms with E-state index in [0.717, 1.165) is 36.8 Å². The van der Waals surface area contributed by atoms with Gasteiger partial charge in [0.1, 0.15) is 6.04 Å². The molecule has 1 fully saturated rings. The molecule has 5 N–H and O–H groups in total. The van der Waals surface area contributed by atoms with E-state index in [1.165, 1.54) is 6.42 Å². The summed E-state index contributed by atoms with van der Waals surface area (Å²) in [5.41, 5.74) is 6.00. The van der Waals surface area contributed by atoms with Gasteiger partial charge in [-0.3, -0.25) is 14.4 Å². The van der Waals surface area contributed by atoms with Crippen LogP contribution in [0, 0.1) is 5.92 Å². The molecule has 1 aromatic rings. The SMILES string of the molecule is CC(CCC(=O)NC(Cc1ccc(C=CC2(O)CCCCC2)cc1)C(=O)NC(C)(C)C)C(N)=O. The van der Waals surface area contributed by atoms with Gasteiger partial charge in [-0.25, -0.2) is 0 Å². The van der Waals surface area contributed by atoms with Gasteiger partial charge in [0.05, 0.1) is 5.60 Å². The Morgan fingerprint density at radius 2 is 1.74 bits per heavy atom. The number of hydrogen-bond donors (Lipinski definition) is 4. The summed E-state index contributed by atoms with van der Waals surface area (Å²) in [6, 6.07) is 7.03. The smallest absolute Gasteiger partial charge is 0.243 e. The summed E-state index contributed by atoms with van der Waals surface area (Å²) >= 11 is 0. The number of nitrogens with one attached hydrogen (secondary N) is 2. The van der Waals surface area contributed by atoms with E-state index in [1.54, 1.807) is 6.92 Å². The molecule has 1 aliphatic rings. The number of rotatable bonds is 10. The second-order valence-corrected chi connectivity index (χ2v) is 10.6. The summed E-state index contributed by atoms with van der Waals surface area (Å²) in [6.07, 6.45) is 9.50. The number of carbonyl (C=O) groups is 3. The second-order valence-electron chi connectivity index (χ2n) is 10.6. The van der Waals surface area contributed by atoms with Gasteiger partial charge in [-0.15, -0.1) is 0 Å². The summed E-state index contributed by atoms with van der Waals surface area (Å²) in [5, 5.41) is 16.4. The van der Waals surface area contributed by atoms with Crippen molar-refractivity contribution in [1.29, 1.82) is 0 Å². The average Bonchev–Trinajstić information content (AvgIpc) is 2.75. The Bertz CT molecular complexity index is 865. The number of carbonyl (C=O) groups excluding carboxylic acids is 3. The van der Waals surface area contributed by atoms with E-state index in [1.807, 2.05) is 57.2 Å². The molecule has 0 bridgehead atoms. The first-order chi connectivity index (χ1) is 15.9. The third-order valence-electron chi connectivity index (χ3n) is 6.16. The zero-order chi connectivity index (χ0) is 25.4. The van der Waals surface area contributed by atoms with E-state index < -0.39 is 29.0 Å². The maximum absolute atomic E-state index is 12.9. The van der Waals surface area contributed by atoms with Crippen LogP contribution in [0.4, 0.5) is 0 Å². The average molecular weight is 472 g/mol. The van der Waals surface area contributed by atoms with Gasteiger partial charge >= 0.3 is 0 Å². The Balaban J connectivity index is 2.05. The molecule has 2 unspecified atom stereocenters. The first-order valence-corrected chi connectivity index (χ1v) is 12.3. The van der Waals surface area contributed by atoms with Crippen molar-refractivity contribution >= 4 is 23.8 Å². The molecule has 1 saturated carbocycles. The Morgan fingerprint density at radius 3 is 2.29 bits per heavy atom. The minimum atomic E-state index is -0.736. The maximum Gasteiger partial charge on any atom is 0.243 e. The Labute approximate surface area is 203 Å². The molecule has 0 radical (unpaired) electrons. The van der Waals surface area contributed by atoms with Crippen LogP contribution < -0.4 is 16.4 Å². The first kappa shape index (κ1) is 27.6. The maximum atomic E-state index is 12.9. The molecule has 0 aromatic heterocycles. The van der Waals surface area contributed by atoms with Crippen LogP contribution in [0.25, 0.3) is 6.08 Å². The standard InChI is InChI=1S/C27H41N3O4/c1-19(24(28)32)8-13-23(31)29-22(25(33)30-26(2,3)4)18-21-11-9-20(10-12-21)14-17-27(34)15-6-5-7-16-27/h9-12,14,17,19,22,34H,5-8,13,15-16,18H2,1-4H3,(H2,28,32)(H,29,31)(H,30,33). The van der Waals surface area contributed by atoms with Crippen LogP contribution in [-0.4, -0.2) is 40.0 Å². The fourth-order valence-corrected chi connectivity index (χ4v) is 4.00. The van der Waals surface area contributed by atoms with Crippen LogP contribution in [0.2, 0.25) is 0 Å². The van der Waals surface area contributed by atoms with Gasteiger partial charge in [0.25, 0.3) is 0 Å². The van der Waals surface area contributed by atoms with E-state index >= 15 is 0 Å². The van der Waals surface area contributed by atoms with Crippen LogP contribution in [0.3, 0.4) is 0 Å². The van der Waals surface area contributed by atoms with E-state index in [9.17, 15) is 19.5 Å². The zero-order valence-corrected chi connectivity index (χ0v) is 21.0. The highest BCUT2D eigenvalue weighted by Gasteiger charge is 2.26. The fourth-order valence-electron chi connectivity index (χ4n) is 4.00. The number of primary amides is 1. The molecule has 7 heteroatoms. The lowest BCUT2D eigenvalue weighted by Gasteiger charge is -2.28. The highest BCUT2D eigenvalue weighted by atomic mass is 16.3. The molecule has 1 aromatic carbocycles. The third kappa shape index (κ3) is 9.67. The highest BCUT2D eigenvalue weighted by Crippen LogP contribution is 2.29. The van der Waals surface area contributed by atoms with Crippen molar-refractivity contribution in [3.63, 3.8) is 0 Å². The number of nitrogens with two attached hydrogens (primary N) is 1. The van der Waals surface area contributed by atoms with Crippen LogP contribution in [0.5, 0.6) is 0 Å². The van der Waals surface area contributed by atoms with Crippen LogP contribution in [0.15, 0.2) is 30.3 Å². The zero-order valence-electron chi connectivity index (χ0n) is 21.0. The number of hydrogen-bond acceptors (Lipinski definition) is 4. The largest absolute Gasteiger partial charge is 0.386 e. The molecule has 2 atom stereocenters.